The molecule has 0 bridgehead atoms. The number of rotatable bonds is 9. The predicted octanol–water partition coefficient (Wildman–Crippen LogP) is 5.10. The Morgan fingerprint density at radius 2 is 1.44 bits per heavy atom. The van der Waals surface area contributed by atoms with Gasteiger partial charge in [0.25, 0.3) is 5.91 Å². The van der Waals surface area contributed by atoms with Crippen molar-refractivity contribution in [3.63, 3.8) is 0 Å². The first kappa shape index (κ1) is 24.7. The second kappa shape index (κ2) is 11.8. The van der Waals surface area contributed by atoms with E-state index >= 15 is 0 Å². The van der Waals surface area contributed by atoms with Crippen LogP contribution in [-0.2, 0) is 22.6 Å². The van der Waals surface area contributed by atoms with E-state index in [0.29, 0.717) is 5.69 Å². The molecule has 2 amide bonds. The molecule has 0 radical (unpaired) electrons. The van der Waals surface area contributed by atoms with E-state index in [4.69, 9.17) is 0 Å². The van der Waals surface area contributed by atoms with Crippen LogP contribution in [0.1, 0.15) is 22.7 Å². The number of hydrogen-bond donors (Lipinski definition) is 1. The van der Waals surface area contributed by atoms with Gasteiger partial charge >= 0.3 is 0 Å². The van der Waals surface area contributed by atoms with Gasteiger partial charge in [-0.25, -0.2) is 0 Å². The van der Waals surface area contributed by atoms with E-state index in [9.17, 15) is 9.59 Å². The minimum atomic E-state index is -0.823. The standard InChI is InChI=1S/C30H30N4O2/c1-33(2)27-17-15-26(16-18-27)32-30(36)29(25-13-7-4-8-14-25)34(22-24-12-9-19-31-21-24)28(35)20-23-10-5-3-6-11-23/h3-19,21,29H,20,22H2,1-2H3,(H,32,36). The zero-order valence-electron chi connectivity index (χ0n) is 20.5. The highest BCUT2D eigenvalue weighted by Gasteiger charge is 2.31. The second-order valence-corrected chi connectivity index (χ2v) is 8.79. The summed E-state index contributed by atoms with van der Waals surface area (Å²) in [4.78, 5) is 35.4. The Bertz CT molecular complexity index is 1260. The molecule has 6 nitrogen and oxygen atoms in total. The summed E-state index contributed by atoms with van der Waals surface area (Å²) in [6.07, 6.45) is 3.61. The Balaban J connectivity index is 1.68. The van der Waals surface area contributed by atoms with Gasteiger partial charge in [0.1, 0.15) is 6.04 Å². The lowest BCUT2D eigenvalue weighted by molar-refractivity contribution is -0.139. The van der Waals surface area contributed by atoms with Crippen LogP contribution in [0, 0.1) is 0 Å². The van der Waals surface area contributed by atoms with Crippen LogP contribution < -0.4 is 10.2 Å². The van der Waals surface area contributed by atoms with Crippen LogP contribution in [0.2, 0.25) is 0 Å². The number of nitrogens with zero attached hydrogens (tertiary/aromatic N) is 3. The zero-order valence-corrected chi connectivity index (χ0v) is 20.5. The molecular formula is C30H30N4O2. The molecule has 0 aliphatic carbocycles. The highest BCUT2D eigenvalue weighted by atomic mass is 16.2. The maximum atomic E-state index is 13.8. The Kier molecular flexibility index (Phi) is 8.08. The molecule has 4 aromatic rings. The number of pyridine rings is 1. The molecule has 4 rings (SSSR count). The summed E-state index contributed by atoms with van der Waals surface area (Å²) in [5.41, 5.74) is 4.19. The maximum absolute atomic E-state index is 13.8. The van der Waals surface area contributed by atoms with Gasteiger partial charge in [-0.2, -0.15) is 0 Å². The van der Waals surface area contributed by atoms with E-state index in [0.717, 1.165) is 22.4 Å². The Labute approximate surface area is 212 Å². The fourth-order valence-electron chi connectivity index (χ4n) is 4.05. The molecule has 1 atom stereocenters. The van der Waals surface area contributed by atoms with Crippen molar-refractivity contribution in [2.75, 3.05) is 24.3 Å². The number of carbonyl (C=O) groups excluding carboxylic acids is 2. The van der Waals surface area contributed by atoms with Crippen LogP contribution in [-0.4, -0.2) is 35.8 Å². The minimum Gasteiger partial charge on any atom is -0.378 e. The summed E-state index contributed by atoms with van der Waals surface area (Å²) in [7, 11) is 3.93. The number of amides is 2. The summed E-state index contributed by atoms with van der Waals surface area (Å²) in [5.74, 6) is -0.416. The molecule has 1 unspecified atom stereocenters. The lowest BCUT2D eigenvalue weighted by Gasteiger charge is -2.31. The fraction of sp³-hybridized carbons (Fsp3) is 0.167. The van der Waals surface area contributed by atoms with Crippen LogP contribution in [0.25, 0.3) is 0 Å². The number of anilines is 2. The molecule has 3 aromatic carbocycles. The van der Waals surface area contributed by atoms with Gasteiger partial charge in [-0.1, -0.05) is 66.7 Å². The molecule has 182 valence electrons. The number of hydrogen-bond acceptors (Lipinski definition) is 4. The van der Waals surface area contributed by atoms with Crippen molar-refractivity contribution in [3.8, 4) is 0 Å². The summed E-state index contributed by atoms with van der Waals surface area (Å²) in [6.45, 7) is 0.256. The predicted molar refractivity (Wildman–Crippen MR) is 144 cm³/mol. The summed E-state index contributed by atoms with van der Waals surface area (Å²) in [5, 5.41) is 3.02. The van der Waals surface area contributed by atoms with E-state index in [1.165, 1.54) is 0 Å². The summed E-state index contributed by atoms with van der Waals surface area (Å²) in [6, 6.07) is 29.5. The van der Waals surface area contributed by atoms with Gasteiger partial charge in [0.2, 0.25) is 5.91 Å². The van der Waals surface area contributed by atoms with E-state index in [1.807, 2.05) is 116 Å². The van der Waals surface area contributed by atoms with Crippen molar-refractivity contribution in [3.05, 3.63) is 126 Å². The van der Waals surface area contributed by atoms with Gasteiger partial charge < -0.3 is 15.1 Å². The molecule has 0 aliphatic heterocycles. The smallest absolute Gasteiger partial charge is 0.251 e. The monoisotopic (exact) mass is 478 g/mol. The molecule has 0 saturated carbocycles. The third-order valence-corrected chi connectivity index (χ3v) is 5.92. The maximum Gasteiger partial charge on any atom is 0.251 e. The highest BCUT2D eigenvalue weighted by molar-refractivity contribution is 5.98. The number of nitrogens with one attached hydrogen (secondary N) is 1. The molecule has 1 N–H and O–H groups in total. The van der Waals surface area contributed by atoms with Crippen LogP contribution >= 0.6 is 0 Å². The molecule has 6 heteroatoms. The average Bonchev–Trinajstić information content (AvgIpc) is 2.90. The lowest BCUT2D eigenvalue weighted by atomic mass is 10.0. The molecular weight excluding hydrogens is 448 g/mol. The van der Waals surface area contributed by atoms with Crippen molar-refractivity contribution < 1.29 is 9.59 Å². The highest BCUT2D eigenvalue weighted by Crippen LogP contribution is 2.27. The Hall–Kier alpha value is -4.45. The van der Waals surface area contributed by atoms with Crippen molar-refractivity contribution in [2.45, 2.75) is 19.0 Å². The molecule has 1 heterocycles. The van der Waals surface area contributed by atoms with E-state index in [-0.39, 0.29) is 24.8 Å². The third-order valence-electron chi connectivity index (χ3n) is 5.92. The van der Waals surface area contributed by atoms with Crippen molar-refractivity contribution in [2.24, 2.45) is 0 Å². The summed E-state index contributed by atoms with van der Waals surface area (Å²) >= 11 is 0. The minimum absolute atomic E-state index is 0.142. The van der Waals surface area contributed by atoms with E-state index in [1.54, 1.807) is 17.3 Å². The first-order valence-corrected chi connectivity index (χ1v) is 11.9. The van der Waals surface area contributed by atoms with Crippen LogP contribution in [0.4, 0.5) is 11.4 Å². The first-order valence-electron chi connectivity index (χ1n) is 11.9. The molecule has 0 fully saturated rings. The average molecular weight is 479 g/mol. The number of benzene rings is 3. The van der Waals surface area contributed by atoms with Gasteiger partial charge in [0.05, 0.1) is 6.42 Å². The van der Waals surface area contributed by atoms with E-state index in [2.05, 4.69) is 10.3 Å². The normalized spacial score (nSPS) is 11.4. The third kappa shape index (κ3) is 6.36. The zero-order chi connectivity index (χ0) is 25.3. The molecule has 0 spiro atoms. The SMILES string of the molecule is CN(C)c1ccc(NC(=O)C(c2ccccc2)N(Cc2cccnc2)C(=O)Cc2ccccc2)cc1. The largest absolute Gasteiger partial charge is 0.378 e. The first-order chi connectivity index (χ1) is 17.5. The second-order valence-electron chi connectivity index (χ2n) is 8.79. The molecule has 36 heavy (non-hydrogen) atoms. The Morgan fingerprint density at radius 1 is 0.806 bits per heavy atom. The summed E-state index contributed by atoms with van der Waals surface area (Å²) < 4.78 is 0. The van der Waals surface area contributed by atoms with Gasteiger partial charge in [-0.05, 0) is 47.0 Å². The van der Waals surface area contributed by atoms with Crippen LogP contribution in [0.3, 0.4) is 0 Å². The van der Waals surface area contributed by atoms with Crippen molar-refractivity contribution in [1.29, 1.82) is 0 Å². The van der Waals surface area contributed by atoms with Gasteiger partial charge in [0.15, 0.2) is 0 Å². The topological polar surface area (TPSA) is 65.5 Å². The van der Waals surface area contributed by atoms with Crippen LogP contribution in [0.5, 0.6) is 0 Å². The number of carbonyl (C=O) groups is 2. The van der Waals surface area contributed by atoms with Gasteiger partial charge in [-0.3, -0.25) is 14.6 Å². The van der Waals surface area contributed by atoms with Crippen LogP contribution in [0.15, 0.2) is 109 Å². The lowest BCUT2D eigenvalue weighted by Crippen LogP contribution is -2.41. The Morgan fingerprint density at radius 3 is 2.06 bits per heavy atom. The molecule has 0 saturated heterocycles. The van der Waals surface area contributed by atoms with Crippen molar-refractivity contribution >= 4 is 23.2 Å². The molecule has 1 aromatic heterocycles. The van der Waals surface area contributed by atoms with Crippen molar-refractivity contribution in [1.82, 2.24) is 9.88 Å². The number of aromatic nitrogens is 1. The van der Waals surface area contributed by atoms with Gasteiger partial charge in [0, 0.05) is 44.4 Å². The quantitative estimate of drug-likeness (QED) is 0.364. The van der Waals surface area contributed by atoms with E-state index < -0.39 is 6.04 Å². The van der Waals surface area contributed by atoms with Gasteiger partial charge in [-0.15, -0.1) is 0 Å². The molecule has 0 aliphatic rings. The fourth-order valence-corrected chi connectivity index (χ4v) is 4.05.